The number of nitrogens with one attached hydrogen (secondary N) is 1. The number of hydrogen-bond donors (Lipinski definition) is 1. The molecule has 0 unspecified atom stereocenters. The van der Waals surface area contributed by atoms with Gasteiger partial charge in [0.1, 0.15) is 12.4 Å². The summed E-state index contributed by atoms with van der Waals surface area (Å²) in [4.78, 5) is 16.5. The number of rotatable bonds is 9. The molecule has 0 radical (unpaired) electrons. The van der Waals surface area contributed by atoms with Crippen LogP contribution < -0.4 is 15.0 Å². The second-order valence-corrected chi connectivity index (χ2v) is 6.92. The van der Waals surface area contributed by atoms with Gasteiger partial charge in [0.2, 0.25) is 5.91 Å². The summed E-state index contributed by atoms with van der Waals surface area (Å²) < 4.78 is 11.2. The highest BCUT2D eigenvalue weighted by Crippen LogP contribution is 2.14. The molecule has 0 aromatic heterocycles. The summed E-state index contributed by atoms with van der Waals surface area (Å²) >= 11 is 0. The molecule has 0 bridgehead atoms. The van der Waals surface area contributed by atoms with Crippen molar-refractivity contribution in [3.05, 3.63) is 60.2 Å². The molecule has 1 saturated heterocycles. The largest absolute Gasteiger partial charge is 0.492 e. The molecule has 6 nitrogen and oxygen atoms in total. The number of hydrogen-bond acceptors (Lipinski definition) is 5. The summed E-state index contributed by atoms with van der Waals surface area (Å²) in [6, 6.07) is 17.8. The Kier molecular flexibility index (Phi) is 7.70. The smallest absolute Gasteiger partial charge is 0.239 e. The second-order valence-electron chi connectivity index (χ2n) is 6.92. The number of para-hydroxylation sites is 1. The molecule has 0 spiro atoms. The molecule has 2 aromatic rings. The van der Waals surface area contributed by atoms with Crippen molar-refractivity contribution < 1.29 is 14.3 Å². The Morgan fingerprint density at radius 2 is 1.93 bits per heavy atom. The molecule has 1 aliphatic rings. The van der Waals surface area contributed by atoms with Crippen molar-refractivity contribution in [2.45, 2.75) is 6.54 Å². The standard InChI is InChI=1S/C22H29N3O3/c1-24(20-7-3-2-4-8-20)18-22(26)23-17-19-6-5-9-21(16-19)28-15-12-25-10-13-27-14-11-25/h2-9,16H,10-15,17-18H2,1H3,(H,23,26). The van der Waals surface area contributed by atoms with Gasteiger partial charge in [0, 0.05) is 38.9 Å². The second kappa shape index (κ2) is 10.7. The molecule has 1 aliphatic heterocycles. The molecule has 0 saturated carbocycles. The van der Waals surface area contributed by atoms with Crippen molar-refractivity contribution in [1.29, 1.82) is 0 Å². The monoisotopic (exact) mass is 383 g/mol. The number of amides is 1. The van der Waals surface area contributed by atoms with Crippen LogP contribution in [0.25, 0.3) is 0 Å². The van der Waals surface area contributed by atoms with E-state index in [1.165, 1.54) is 0 Å². The Bertz CT molecular complexity index is 733. The van der Waals surface area contributed by atoms with Crippen molar-refractivity contribution in [2.75, 3.05) is 57.9 Å². The molecule has 3 rings (SSSR count). The zero-order valence-electron chi connectivity index (χ0n) is 16.5. The Labute approximate surface area is 167 Å². The third-order valence-corrected chi connectivity index (χ3v) is 4.75. The lowest BCUT2D eigenvalue weighted by Gasteiger charge is -2.26. The minimum absolute atomic E-state index is 0.00927. The number of nitrogens with zero attached hydrogens (tertiary/aromatic N) is 2. The first-order chi connectivity index (χ1) is 13.7. The van der Waals surface area contributed by atoms with Crippen molar-refractivity contribution in [3.63, 3.8) is 0 Å². The van der Waals surface area contributed by atoms with Crippen molar-refractivity contribution in [2.24, 2.45) is 0 Å². The van der Waals surface area contributed by atoms with Crippen LogP contribution in [0.3, 0.4) is 0 Å². The van der Waals surface area contributed by atoms with Gasteiger partial charge in [-0.15, -0.1) is 0 Å². The lowest BCUT2D eigenvalue weighted by Crippen LogP contribution is -2.38. The molecule has 1 amide bonds. The number of anilines is 1. The first-order valence-electron chi connectivity index (χ1n) is 9.75. The van der Waals surface area contributed by atoms with Crippen molar-refractivity contribution >= 4 is 11.6 Å². The van der Waals surface area contributed by atoms with E-state index in [1.807, 2.05) is 66.5 Å². The van der Waals surface area contributed by atoms with Crippen molar-refractivity contribution in [3.8, 4) is 5.75 Å². The number of carbonyl (C=O) groups excluding carboxylic acids is 1. The highest BCUT2D eigenvalue weighted by Gasteiger charge is 2.10. The van der Waals surface area contributed by atoms with E-state index in [-0.39, 0.29) is 5.91 Å². The summed E-state index contributed by atoms with van der Waals surface area (Å²) in [5.41, 5.74) is 2.05. The van der Waals surface area contributed by atoms with Gasteiger partial charge in [0.25, 0.3) is 0 Å². The summed E-state index contributed by atoms with van der Waals surface area (Å²) in [7, 11) is 1.91. The fraction of sp³-hybridized carbons (Fsp3) is 0.409. The molecule has 0 aliphatic carbocycles. The van der Waals surface area contributed by atoms with Gasteiger partial charge in [0.05, 0.1) is 19.8 Å². The van der Waals surface area contributed by atoms with E-state index in [2.05, 4.69) is 10.2 Å². The van der Waals surface area contributed by atoms with E-state index in [9.17, 15) is 4.79 Å². The third-order valence-electron chi connectivity index (χ3n) is 4.75. The van der Waals surface area contributed by atoms with E-state index in [0.717, 1.165) is 49.8 Å². The zero-order valence-corrected chi connectivity index (χ0v) is 16.5. The molecule has 0 atom stereocenters. The predicted molar refractivity (Wildman–Crippen MR) is 111 cm³/mol. The highest BCUT2D eigenvalue weighted by atomic mass is 16.5. The van der Waals surface area contributed by atoms with E-state index in [1.54, 1.807) is 0 Å². The van der Waals surface area contributed by atoms with E-state index >= 15 is 0 Å². The van der Waals surface area contributed by atoms with Crippen LogP contribution in [0.2, 0.25) is 0 Å². The van der Waals surface area contributed by atoms with Gasteiger partial charge in [-0.3, -0.25) is 9.69 Å². The number of ether oxygens (including phenoxy) is 2. The molecule has 150 valence electrons. The van der Waals surface area contributed by atoms with Crippen molar-refractivity contribution in [1.82, 2.24) is 10.2 Å². The van der Waals surface area contributed by atoms with E-state index < -0.39 is 0 Å². The van der Waals surface area contributed by atoms with Gasteiger partial charge in [-0.2, -0.15) is 0 Å². The Balaban J connectivity index is 1.40. The summed E-state index contributed by atoms with van der Waals surface area (Å²) in [6.45, 7) is 5.89. The lowest BCUT2D eigenvalue weighted by molar-refractivity contribution is -0.119. The lowest BCUT2D eigenvalue weighted by atomic mass is 10.2. The molecule has 1 heterocycles. The van der Waals surface area contributed by atoms with E-state index in [0.29, 0.717) is 19.7 Å². The Morgan fingerprint density at radius 1 is 1.14 bits per heavy atom. The maximum absolute atomic E-state index is 12.2. The van der Waals surface area contributed by atoms with Gasteiger partial charge in [0.15, 0.2) is 0 Å². The minimum Gasteiger partial charge on any atom is -0.492 e. The minimum atomic E-state index is -0.00927. The fourth-order valence-corrected chi connectivity index (χ4v) is 3.11. The van der Waals surface area contributed by atoms with Crippen LogP contribution in [0, 0.1) is 0 Å². The fourth-order valence-electron chi connectivity index (χ4n) is 3.11. The summed E-state index contributed by atoms with van der Waals surface area (Å²) in [5, 5.41) is 2.98. The first-order valence-corrected chi connectivity index (χ1v) is 9.75. The number of morpholine rings is 1. The zero-order chi connectivity index (χ0) is 19.6. The van der Waals surface area contributed by atoms with Gasteiger partial charge in [-0.05, 0) is 29.8 Å². The van der Waals surface area contributed by atoms with Crippen LogP contribution in [-0.4, -0.2) is 63.9 Å². The van der Waals surface area contributed by atoms with Crippen LogP contribution >= 0.6 is 0 Å². The maximum atomic E-state index is 12.2. The van der Waals surface area contributed by atoms with Crippen LogP contribution in [0.15, 0.2) is 54.6 Å². The molecule has 28 heavy (non-hydrogen) atoms. The first kappa shape index (κ1) is 20.2. The number of carbonyl (C=O) groups is 1. The topological polar surface area (TPSA) is 54.0 Å². The molecule has 1 fully saturated rings. The molecule has 6 heteroatoms. The predicted octanol–water partition coefficient (Wildman–Crippen LogP) is 2.15. The van der Waals surface area contributed by atoms with Crippen LogP contribution in [0.4, 0.5) is 5.69 Å². The molecular weight excluding hydrogens is 354 g/mol. The number of benzene rings is 2. The quantitative estimate of drug-likeness (QED) is 0.719. The van der Waals surface area contributed by atoms with Gasteiger partial charge in [-0.1, -0.05) is 30.3 Å². The average molecular weight is 383 g/mol. The maximum Gasteiger partial charge on any atom is 0.239 e. The summed E-state index contributed by atoms with van der Waals surface area (Å²) in [6.07, 6.45) is 0. The normalized spacial score (nSPS) is 14.5. The SMILES string of the molecule is CN(CC(=O)NCc1cccc(OCCN2CCOCC2)c1)c1ccccc1. The highest BCUT2D eigenvalue weighted by molar-refractivity contribution is 5.81. The Morgan fingerprint density at radius 3 is 2.71 bits per heavy atom. The van der Waals surface area contributed by atoms with Gasteiger partial charge in [-0.25, -0.2) is 0 Å². The average Bonchev–Trinajstić information content (AvgIpc) is 2.74. The Hall–Kier alpha value is -2.57. The third kappa shape index (κ3) is 6.55. The summed E-state index contributed by atoms with van der Waals surface area (Å²) in [5.74, 6) is 0.825. The molecular formula is C22H29N3O3. The molecule has 2 aromatic carbocycles. The van der Waals surface area contributed by atoms with Crippen LogP contribution in [-0.2, 0) is 16.1 Å². The van der Waals surface area contributed by atoms with Crippen LogP contribution in [0.1, 0.15) is 5.56 Å². The van der Waals surface area contributed by atoms with Crippen LogP contribution in [0.5, 0.6) is 5.75 Å². The molecule has 1 N–H and O–H groups in total. The van der Waals surface area contributed by atoms with Gasteiger partial charge >= 0.3 is 0 Å². The number of likely N-dealkylation sites (N-methyl/N-ethyl adjacent to an activating group) is 1. The van der Waals surface area contributed by atoms with Gasteiger partial charge < -0.3 is 19.7 Å². The van der Waals surface area contributed by atoms with E-state index in [4.69, 9.17) is 9.47 Å².